The Balaban J connectivity index is 2.13. The van der Waals surface area contributed by atoms with Crippen LogP contribution in [0.15, 0.2) is 24.3 Å². The first-order valence-corrected chi connectivity index (χ1v) is 6.22. The molecule has 0 radical (unpaired) electrons. The second kappa shape index (κ2) is 7.71. The first-order chi connectivity index (χ1) is 8.58. The molecule has 2 N–H and O–H groups in total. The Morgan fingerprint density at radius 2 is 2.28 bits per heavy atom. The van der Waals surface area contributed by atoms with Crippen LogP contribution in [-0.4, -0.2) is 30.3 Å². The molecule has 1 aromatic carbocycles. The average molecular weight is 251 g/mol. The van der Waals surface area contributed by atoms with Crippen LogP contribution in [0.1, 0.15) is 25.3 Å². The van der Waals surface area contributed by atoms with E-state index in [1.165, 1.54) is 5.56 Å². The highest BCUT2D eigenvalue weighted by molar-refractivity contribution is 5.66. The molecular formula is C14H21NO3. The first-order valence-electron chi connectivity index (χ1n) is 6.22. The van der Waals surface area contributed by atoms with Crippen LogP contribution in [0.5, 0.6) is 5.75 Å². The highest BCUT2D eigenvalue weighted by Gasteiger charge is 2.04. The summed E-state index contributed by atoms with van der Waals surface area (Å²) in [5.41, 5.74) is 1.18. The van der Waals surface area contributed by atoms with Gasteiger partial charge < -0.3 is 15.2 Å². The third-order valence-electron chi connectivity index (χ3n) is 2.64. The van der Waals surface area contributed by atoms with E-state index in [0.29, 0.717) is 19.6 Å². The van der Waals surface area contributed by atoms with Gasteiger partial charge in [-0.1, -0.05) is 12.1 Å². The van der Waals surface area contributed by atoms with Gasteiger partial charge >= 0.3 is 5.97 Å². The van der Waals surface area contributed by atoms with Gasteiger partial charge in [0.2, 0.25) is 0 Å². The van der Waals surface area contributed by atoms with Crippen LogP contribution in [0.2, 0.25) is 0 Å². The van der Waals surface area contributed by atoms with Crippen molar-refractivity contribution in [3.8, 4) is 5.75 Å². The summed E-state index contributed by atoms with van der Waals surface area (Å²) in [5, 5.41) is 11.8. The zero-order chi connectivity index (χ0) is 13.4. The first kappa shape index (κ1) is 14.5. The third kappa shape index (κ3) is 6.25. The van der Waals surface area contributed by atoms with Crippen molar-refractivity contribution in [1.29, 1.82) is 0 Å². The topological polar surface area (TPSA) is 58.6 Å². The molecule has 0 aliphatic carbocycles. The Morgan fingerprint density at radius 3 is 2.94 bits per heavy atom. The normalized spacial score (nSPS) is 12.1. The van der Waals surface area contributed by atoms with Crippen molar-refractivity contribution in [2.75, 3.05) is 13.2 Å². The summed E-state index contributed by atoms with van der Waals surface area (Å²) in [6.45, 7) is 5.31. The summed E-state index contributed by atoms with van der Waals surface area (Å²) in [7, 11) is 0. The number of benzene rings is 1. The number of carboxylic acid groups (broad SMARTS) is 1. The maximum absolute atomic E-state index is 10.4. The Kier molecular flexibility index (Phi) is 6.22. The number of carboxylic acids is 1. The zero-order valence-corrected chi connectivity index (χ0v) is 11.0. The Labute approximate surface area is 108 Å². The van der Waals surface area contributed by atoms with Gasteiger partial charge in [-0.3, -0.25) is 4.79 Å². The van der Waals surface area contributed by atoms with Crippen molar-refractivity contribution in [1.82, 2.24) is 5.32 Å². The molecule has 100 valence electrons. The Morgan fingerprint density at radius 1 is 1.50 bits per heavy atom. The SMILES string of the molecule is Cc1cccc(OCCNC(C)CCC(=O)O)c1. The maximum Gasteiger partial charge on any atom is 0.303 e. The van der Waals surface area contributed by atoms with Gasteiger partial charge in [0.25, 0.3) is 0 Å². The second-order valence-electron chi connectivity index (χ2n) is 4.45. The molecule has 0 heterocycles. The van der Waals surface area contributed by atoms with Crippen LogP contribution < -0.4 is 10.1 Å². The lowest BCUT2D eigenvalue weighted by Gasteiger charge is -2.13. The van der Waals surface area contributed by atoms with Crippen LogP contribution in [0, 0.1) is 6.92 Å². The monoisotopic (exact) mass is 251 g/mol. The van der Waals surface area contributed by atoms with Crippen molar-refractivity contribution >= 4 is 5.97 Å². The van der Waals surface area contributed by atoms with Gasteiger partial charge in [-0.15, -0.1) is 0 Å². The van der Waals surface area contributed by atoms with Crippen LogP contribution in [-0.2, 0) is 4.79 Å². The lowest BCUT2D eigenvalue weighted by Crippen LogP contribution is -2.30. The van der Waals surface area contributed by atoms with Crippen molar-refractivity contribution in [3.63, 3.8) is 0 Å². The lowest BCUT2D eigenvalue weighted by atomic mass is 10.2. The number of ether oxygens (including phenoxy) is 1. The molecule has 0 spiro atoms. The smallest absolute Gasteiger partial charge is 0.303 e. The van der Waals surface area contributed by atoms with Gasteiger partial charge in [0.1, 0.15) is 12.4 Å². The van der Waals surface area contributed by atoms with Crippen LogP contribution in [0.3, 0.4) is 0 Å². The molecule has 0 saturated heterocycles. The predicted molar refractivity (Wildman–Crippen MR) is 71.0 cm³/mol. The van der Waals surface area contributed by atoms with Gasteiger partial charge in [-0.05, 0) is 38.0 Å². The minimum absolute atomic E-state index is 0.196. The number of aliphatic carboxylic acids is 1. The lowest BCUT2D eigenvalue weighted by molar-refractivity contribution is -0.137. The minimum atomic E-state index is -0.750. The van der Waals surface area contributed by atoms with E-state index in [4.69, 9.17) is 9.84 Å². The molecule has 1 unspecified atom stereocenters. The molecular weight excluding hydrogens is 230 g/mol. The summed E-state index contributed by atoms with van der Waals surface area (Å²) in [6, 6.07) is 8.11. The van der Waals surface area contributed by atoms with Crippen LogP contribution in [0.4, 0.5) is 0 Å². The van der Waals surface area contributed by atoms with E-state index in [9.17, 15) is 4.79 Å². The molecule has 1 aromatic rings. The molecule has 0 saturated carbocycles. The number of hydrogen-bond donors (Lipinski definition) is 2. The van der Waals surface area contributed by atoms with E-state index >= 15 is 0 Å². The van der Waals surface area contributed by atoms with Gasteiger partial charge in [0, 0.05) is 19.0 Å². The van der Waals surface area contributed by atoms with E-state index < -0.39 is 5.97 Å². The molecule has 0 aliphatic rings. The quantitative estimate of drug-likeness (QED) is 0.695. The van der Waals surface area contributed by atoms with Gasteiger partial charge in [0.15, 0.2) is 0 Å². The molecule has 1 rings (SSSR count). The molecule has 0 aromatic heterocycles. The van der Waals surface area contributed by atoms with E-state index in [1.807, 2.05) is 38.1 Å². The zero-order valence-electron chi connectivity index (χ0n) is 11.0. The van der Waals surface area contributed by atoms with Crippen molar-refractivity contribution < 1.29 is 14.6 Å². The average Bonchev–Trinajstić information content (AvgIpc) is 2.32. The highest BCUT2D eigenvalue weighted by atomic mass is 16.5. The summed E-state index contributed by atoms with van der Waals surface area (Å²) < 4.78 is 5.58. The van der Waals surface area contributed by atoms with Crippen molar-refractivity contribution in [2.24, 2.45) is 0 Å². The van der Waals surface area contributed by atoms with Crippen LogP contribution in [0.25, 0.3) is 0 Å². The maximum atomic E-state index is 10.4. The minimum Gasteiger partial charge on any atom is -0.492 e. The van der Waals surface area contributed by atoms with E-state index in [-0.39, 0.29) is 12.5 Å². The van der Waals surface area contributed by atoms with Crippen molar-refractivity contribution in [2.45, 2.75) is 32.7 Å². The molecule has 0 aliphatic heterocycles. The standard InChI is InChI=1S/C14H21NO3/c1-11-4-3-5-13(10-11)18-9-8-15-12(2)6-7-14(16)17/h3-5,10,12,15H,6-9H2,1-2H3,(H,16,17). The van der Waals surface area contributed by atoms with E-state index in [1.54, 1.807) is 0 Å². The largest absolute Gasteiger partial charge is 0.492 e. The Hall–Kier alpha value is -1.55. The Bertz CT molecular complexity index is 379. The van der Waals surface area contributed by atoms with E-state index in [2.05, 4.69) is 5.32 Å². The van der Waals surface area contributed by atoms with Gasteiger partial charge in [-0.2, -0.15) is 0 Å². The number of hydrogen-bond acceptors (Lipinski definition) is 3. The number of aryl methyl sites for hydroxylation is 1. The molecule has 0 bridgehead atoms. The highest BCUT2D eigenvalue weighted by Crippen LogP contribution is 2.11. The molecule has 0 amide bonds. The summed E-state index contributed by atoms with van der Waals surface area (Å²) in [5.74, 6) is 0.120. The molecule has 1 atom stereocenters. The van der Waals surface area contributed by atoms with Gasteiger partial charge in [-0.25, -0.2) is 0 Å². The van der Waals surface area contributed by atoms with Crippen molar-refractivity contribution in [3.05, 3.63) is 29.8 Å². The van der Waals surface area contributed by atoms with Crippen LogP contribution >= 0.6 is 0 Å². The number of carbonyl (C=O) groups is 1. The number of nitrogens with one attached hydrogen (secondary N) is 1. The molecule has 18 heavy (non-hydrogen) atoms. The summed E-state index contributed by atoms with van der Waals surface area (Å²) in [4.78, 5) is 10.4. The molecule has 4 nitrogen and oxygen atoms in total. The fourth-order valence-electron chi connectivity index (χ4n) is 1.62. The second-order valence-corrected chi connectivity index (χ2v) is 4.45. The summed E-state index contributed by atoms with van der Waals surface area (Å²) in [6.07, 6.45) is 0.840. The van der Waals surface area contributed by atoms with Gasteiger partial charge in [0.05, 0.1) is 0 Å². The molecule has 4 heteroatoms. The number of rotatable bonds is 8. The summed E-state index contributed by atoms with van der Waals surface area (Å²) >= 11 is 0. The molecule has 0 fully saturated rings. The fourth-order valence-corrected chi connectivity index (χ4v) is 1.62. The van der Waals surface area contributed by atoms with E-state index in [0.717, 1.165) is 5.75 Å². The third-order valence-corrected chi connectivity index (χ3v) is 2.64. The predicted octanol–water partition coefficient (Wildman–Crippen LogP) is 2.22. The fraction of sp³-hybridized carbons (Fsp3) is 0.500.